The Hall–Kier alpha value is -2.35. The normalized spacial score (nSPS) is 11.7. The zero-order valence-corrected chi connectivity index (χ0v) is 16.0. The fourth-order valence-corrected chi connectivity index (χ4v) is 3.15. The monoisotopic (exact) mass is 332 g/mol. The van der Waals surface area contributed by atoms with E-state index in [0.717, 1.165) is 18.5 Å². The van der Waals surface area contributed by atoms with E-state index in [9.17, 15) is 0 Å². The largest absolute Gasteiger partial charge is 0.240 e. The number of hydrogen-bond donors (Lipinski definition) is 0. The fraction of sp³-hybridized carbons (Fsp3) is 0.348. The summed E-state index contributed by atoms with van der Waals surface area (Å²) < 4.78 is 2.01. The Morgan fingerprint density at radius 1 is 0.960 bits per heavy atom. The predicted octanol–water partition coefficient (Wildman–Crippen LogP) is 6.10. The second-order valence-electron chi connectivity index (χ2n) is 7.83. The molecule has 0 saturated heterocycles. The molecule has 1 aromatic heterocycles. The molecule has 0 saturated carbocycles. The van der Waals surface area contributed by atoms with Crippen LogP contribution in [0.3, 0.4) is 0 Å². The number of aryl methyl sites for hydroxylation is 2. The molecule has 0 aliphatic heterocycles. The maximum Gasteiger partial charge on any atom is 0.0683 e. The van der Waals surface area contributed by atoms with Gasteiger partial charge in [-0.25, -0.2) is 4.68 Å². The Labute approximate surface area is 151 Å². The summed E-state index contributed by atoms with van der Waals surface area (Å²) in [6.07, 6.45) is 4.25. The third-order valence-electron chi connectivity index (χ3n) is 4.64. The number of benzene rings is 2. The first kappa shape index (κ1) is 17.5. The third kappa shape index (κ3) is 3.84. The van der Waals surface area contributed by atoms with E-state index in [1.807, 2.05) is 11.6 Å². The van der Waals surface area contributed by atoms with E-state index in [0.29, 0.717) is 0 Å². The van der Waals surface area contributed by atoms with Crippen LogP contribution in [0.1, 0.15) is 50.9 Å². The summed E-state index contributed by atoms with van der Waals surface area (Å²) in [7, 11) is 0. The lowest BCUT2D eigenvalue weighted by Gasteiger charge is -2.20. The smallest absolute Gasteiger partial charge is 0.0683 e. The van der Waals surface area contributed by atoms with Gasteiger partial charge < -0.3 is 0 Å². The highest BCUT2D eigenvalue weighted by Crippen LogP contribution is 2.30. The van der Waals surface area contributed by atoms with Gasteiger partial charge in [-0.1, -0.05) is 70.5 Å². The quantitative estimate of drug-likeness (QED) is 0.564. The molecule has 0 aliphatic rings. The van der Waals surface area contributed by atoms with Crippen molar-refractivity contribution in [1.82, 2.24) is 9.78 Å². The van der Waals surface area contributed by atoms with Gasteiger partial charge in [-0.05, 0) is 53.1 Å². The lowest BCUT2D eigenvalue weighted by atomic mass is 9.85. The van der Waals surface area contributed by atoms with Gasteiger partial charge in [0, 0.05) is 6.20 Å². The Morgan fingerprint density at radius 3 is 2.36 bits per heavy atom. The minimum Gasteiger partial charge on any atom is -0.240 e. The summed E-state index contributed by atoms with van der Waals surface area (Å²) in [5, 5.41) is 4.63. The Kier molecular flexibility index (Phi) is 4.80. The maximum atomic E-state index is 4.63. The lowest BCUT2D eigenvalue weighted by Crippen LogP contribution is -2.10. The second kappa shape index (κ2) is 6.87. The first-order valence-electron chi connectivity index (χ1n) is 9.15. The summed E-state index contributed by atoms with van der Waals surface area (Å²) in [5.41, 5.74) is 7.60. The molecule has 3 aromatic rings. The van der Waals surface area contributed by atoms with Crippen LogP contribution < -0.4 is 0 Å². The van der Waals surface area contributed by atoms with Crippen molar-refractivity contribution in [1.29, 1.82) is 0 Å². The summed E-state index contributed by atoms with van der Waals surface area (Å²) in [6, 6.07) is 17.7. The summed E-state index contributed by atoms with van der Waals surface area (Å²) >= 11 is 0. The molecule has 2 nitrogen and oxygen atoms in total. The molecule has 25 heavy (non-hydrogen) atoms. The molecule has 0 N–H and O–H groups in total. The Morgan fingerprint density at radius 2 is 1.72 bits per heavy atom. The van der Waals surface area contributed by atoms with Crippen molar-refractivity contribution in [2.45, 2.75) is 52.9 Å². The average molecular weight is 332 g/mol. The van der Waals surface area contributed by atoms with E-state index in [1.54, 1.807) is 0 Å². The van der Waals surface area contributed by atoms with Crippen LogP contribution in [0.15, 0.2) is 54.7 Å². The van der Waals surface area contributed by atoms with Gasteiger partial charge >= 0.3 is 0 Å². The van der Waals surface area contributed by atoms with Crippen molar-refractivity contribution in [2.75, 3.05) is 0 Å². The van der Waals surface area contributed by atoms with Crippen molar-refractivity contribution in [3.05, 3.63) is 71.5 Å². The van der Waals surface area contributed by atoms with Crippen LogP contribution in [0, 0.1) is 6.92 Å². The van der Waals surface area contributed by atoms with Crippen molar-refractivity contribution in [3.63, 3.8) is 0 Å². The van der Waals surface area contributed by atoms with Gasteiger partial charge in [0.2, 0.25) is 0 Å². The van der Waals surface area contributed by atoms with Crippen molar-refractivity contribution in [3.8, 4) is 16.8 Å². The summed E-state index contributed by atoms with van der Waals surface area (Å²) in [6.45, 7) is 11.0. The lowest BCUT2D eigenvalue weighted by molar-refractivity contribution is 0.590. The Balaban J connectivity index is 2.09. The zero-order valence-electron chi connectivity index (χ0n) is 16.0. The van der Waals surface area contributed by atoms with Gasteiger partial charge in [0.1, 0.15) is 0 Å². The number of nitrogens with zero attached hydrogens (tertiary/aromatic N) is 2. The molecule has 0 unspecified atom stereocenters. The highest BCUT2D eigenvalue weighted by atomic mass is 15.3. The first-order chi connectivity index (χ1) is 11.9. The number of hydrogen-bond acceptors (Lipinski definition) is 1. The van der Waals surface area contributed by atoms with Crippen LogP contribution in [-0.4, -0.2) is 9.78 Å². The van der Waals surface area contributed by atoms with Crippen LogP contribution in [-0.2, 0) is 11.8 Å². The van der Waals surface area contributed by atoms with E-state index in [2.05, 4.69) is 87.5 Å². The molecule has 0 amide bonds. The van der Waals surface area contributed by atoms with Crippen LogP contribution in [0.5, 0.6) is 0 Å². The van der Waals surface area contributed by atoms with Gasteiger partial charge in [-0.2, -0.15) is 5.10 Å². The summed E-state index contributed by atoms with van der Waals surface area (Å²) in [5.74, 6) is 0. The first-order valence-corrected chi connectivity index (χ1v) is 9.15. The third-order valence-corrected chi connectivity index (χ3v) is 4.64. The van der Waals surface area contributed by atoms with Gasteiger partial charge in [-0.3, -0.25) is 0 Å². The molecule has 2 heteroatoms. The van der Waals surface area contributed by atoms with Gasteiger partial charge in [0.15, 0.2) is 0 Å². The molecule has 0 atom stereocenters. The zero-order chi connectivity index (χ0) is 18.0. The average Bonchev–Trinajstić information content (AvgIpc) is 3.01. The topological polar surface area (TPSA) is 17.8 Å². The van der Waals surface area contributed by atoms with Crippen LogP contribution in [0.25, 0.3) is 16.8 Å². The van der Waals surface area contributed by atoms with Crippen LogP contribution in [0.2, 0.25) is 0 Å². The number of rotatable bonds is 4. The molecular weight excluding hydrogens is 304 g/mol. The molecule has 0 fully saturated rings. The molecular formula is C23H28N2. The number of aromatic nitrogens is 2. The molecule has 0 bridgehead atoms. The highest BCUT2D eigenvalue weighted by molar-refractivity contribution is 5.68. The van der Waals surface area contributed by atoms with E-state index >= 15 is 0 Å². The van der Waals surface area contributed by atoms with Gasteiger partial charge in [-0.15, -0.1) is 0 Å². The second-order valence-corrected chi connectivity index (χ2v) is 7.83. The van der Waals surface area contributed by atoms with Crippen LogP contribution in [0.4, 0.5) is 0 Å². The minimum absolute atomic E-state index is 0.153. The van der Waals surface area contributed by atoms with Crippen molar-refractivity contribution < 1.29 is 0 Å². The SMILES string of the molecule is CCCc1ccc(-c2cccc(C(C)(C)C)c2)cc1-n1ccc(C)n1. The van der Waals surface area contributed by atoms with E-state index < -0.39 is 0 Å². The van der Waals surface area contributed by atoms with Crippen LogP contribution >= 0.6 is 0 Å². The maximum absolute atomic E-state index is 4.63. The van der Waals surface area contributed by atoms with Crippen molar-refractivity contribution >= 4 is 0 Å². The molecule has 0 spiro atoms. The van der Waals surface area contributed by atoms with Gasteiger partial charge in [0.05, 0.1) is 11.4 Å². The van der Waals surface area contributed by atoms with E-state index in [-0.39, 0.29) is 5.41 Å². The Bertz CT molecular complexity index is 866. The standard InChI is InChI=1S/C23H28N2/c1-6-8-18-11-12-20(16-22(18)25-14-13-17(2)24-25)19-9-7-10-21(15-19)23(3,4)5/h7,9-16H,6,8H2,1-5H3. The minimum atomic E-state index is 0.153. The molecule has 0 aliphatic carbocycles. The van der Waals surface area contributed by atoms with E-state index in [1.165, 1.54) is 27.9 Å². The highest BCUT2D eigenvalue weighted by Gasteiger charge is 2.15. The van der Waals surface area contributed by atoms with E-state index in [4.69, 9.17) is 0 Å². The predicted molar refractivity (Wildman–Crippen MR) is 106 cm³/mol. The fourth-order valence-electron chi connectivity index (χ4n) is 3.15. The molecule has 130 valence electrons. The molecule has 1 heterocycles. The van der Waals surface area contributed by atoms with Crippen molar-refractivity contribution in [2.24, 2.45) is 0 Å². The van der Waals surface area contributed by atoms with Gasteiger partial charge in [0.25, 0.3) is 0 Å². The molecule has 0 radical (unpaired) electrons. The summed E-state index contributed by atoms with van der Waals surface area (Å²) in [4.78, 5) is 0. The molecule has 3 rings (SSSR count). The molecule has 2 aromatic carbocycles.